The molecule has 1 amide bonds. The number of carbonyl (C=O) groups is 2. The summed E-state index contributed by atoms with van der Waals surface area (Å²) in [7, 11) is -3.55. The van der Waals surface area contributed by atoms with Crippen LogP contribution in [-0.4, -0.2) is 38.2 Å². The number of sulfone groups is 1. The fraction of sp³-hybridized carbons (Fsp3) is 0.200. The summed E-state index contributed by atoms with van der Waals surface area (Å²) in [6.45, 7) is -0.546. The van der Waals surface area contributed by atoms with E-state index in [-0.39, 0.29) is 15.5 Å². The first kappa shape index (κ1) is 14.5. The Morgan fingerprint density at radius 3 is 2.50 bits per heavy atom. The Morgan fingerprint density at radius 2 is 2.00 bits per heavy atom. The van der Waals surface area contributed by atoms with Gasteiger partial charge < -0.3 is 10.4 Å². The second-order valence-electron chi connectivity index (χ2n) is 3.49. The van der Waals surface area contributed by atoms with Crippen LogP contribution in [0.2, 0.25) is 5.02 Å². The maximum atomic E-state index is 11.5. The Labute approximate surface area is 108 Å². The first-order chi connectivity index (χ1) is 8.21. The summed E-state index contributed by atoms with van der Waals surface area (Å²) in [5, 5.41) is 10.5. The Hall–Kier alpha value is -1.60. The number of hydrogen-bond acceptors (Lipinski definition) is 4. The topological polar surface area (TPSA) is 101 Å². The van der Waals surface area contributed by atoms with E-state index in [0.29, 0.717) is 0 Å². The van der Waals surface area contributed by atoms with Crippen LogP contribution in [0.25, 0.3) is 0 Å². The zero-order valence-corrected chi connectivity index (χ0v) is 10.9. The minimum atomic E-state index is -3.55. The van der Waals surface area contributed by atoms with E-state index >= 15 is 0 Å². The monoisotopic (exact) mass is 291 g/mol. The summed E-state index contributed by atoms with van der Waals surface area (Å²) in [6, 6.07) is 3.69. The molecule has 0 aromatic heterocycles. The molecule has 2 N–H and O–H groups in total. The van der Waals surface area contributed by atoms with Gasteiger partial charge in [-0.25, -0.2) is 8.42 Å². The molecule has 1 rings (SSSR count). The van der Waals surface area contributed by atoms with Crippen molar-refractivity contribution < 1.29 is 23.1 Å². The summed E-state index contributed by atoms with van der Waals surface area (Å²) in [4.78, 5) is 21.6. The predicted molar refractivity (Wildman–Crippen MR) is 64.5 cm³/mol. The number of carboxylic acids is 1. The molecular formula is C10H10ClNO5S. The van der Waals surface area contributed by atoms with E-state index in [1.165, 1.54) is 12.1 Å². The SMILES string of the molecule is CS(=O)(=O)c1cc(C(=O)NCC(=O)O)ccc1Cl. The molecule has 0 radical (unpaired) electrons. The van der Waals surface area contributed by atoms with Gasteiger partial charge in [-0.3, -0.25) is 9.59 Å². The van der Waals surface area contributed by atoms with Crippen LogP contribution in [0.5, 0.6) is 0 Å². The van der Waals surface area contributed by atoms with Gasteiger partial charge in [-0.05, 0) is 18.2 Å². The molecule has 0 saturated carbocycles. The highest BCUT2D eigenvalue weighted by molar-refractivity contribution is 7.90. The number of benzene rings is 1. The van der Waals surface area contributed by atoms with Crippen LogP contribution < -0.4 is 5.32 Å². The highest BCUT2D eigenvalue weighted by Crippen LogP contribution is 2.22. The lowest BCUT2D eigenvalue weighted by Crippen LogP contribution is -2.29. The van der Waals surface area contributed by atoms with Gasteiger partial charge in [-0.15, -0.1) is 0 Å². The van der Waals surface area contributed by atoms with E-state index in [2.05, 4.69) is 5.32 Å². The lowest BCUT2D eigenvalue weighted by molar-refractivity contribution is -0.135. The number of halogens is 1. The second-order valence-corrected chi connectivity index (χ2v) is 5.89. The third-order valence-electron chi connectivity index (χ3n) is 1.99. The number of carboxylic acid groups (broad SMARTS) is 1. The fourth-order valence-corrected chi connectivity index (χ4v) is 2.49. The van der Waals surface area contributed by atoms with Gasteiger partial charge in [0.1, 0.15) is 6.54 Å². The van der Waals surface area contributed by atoms with Crippen molar-refractivity contribution in [2.24, 2.45) is 0 Å². The molecule has 1 aromatic rings. The molecule has 8 heteroatoms. The van der Waals surface area contributed by atoms with E-state index in [0.717, 1.165) is 12.3 Å². The molecule has 0 aliphatic carbocycles. The van der Waals surface area contributed by atoms with Gasteiger partial charge in [0.15, 0.2) is 9.84 Å². The number of aliphatic carboxylic acids is 1. The Balaban J connectivity index is 3.06. The molecule has 0 atom stereocenters. The molecule has 0 aliphatic heterocycles. The van der Waals surface area contributed by atoms with Crippen LogP contribution in [0.3, 0.4) is 0 Å². The number of amides is 1. The van der Waals surface area contributed by atoms with Gasteiger partial charge in [-0.2, -0.15) is 0 Å². The van der Waals surface area contributed by atoms with E-state index in [9.17, 15) is 18.0 Å². The molecular weight excluding hydrogens is 282 g/mol. The highest BCUT2D eigenvalue weighted by Gasteiger charge is 2.16. The van der Waals surface area contributed by atoms with Crippen molar-refractivity contribution in [3.63, 3.8) is 0 Å². The number of hydrogen-bond donors (Lipinski definition) is 2. The van der Waals surface area contributed by atoms with E-state index in [1.807, 2.05) is 0 Å². The average molecular weight is 292 g/mol. The largest absolute Gasteiger partial charge is 0.480 e. The number of carbonyl (C=O) groups excluding carboxylic acids is 1. The average Bonchev–Trinajstić information content (AvgIpc) is 2.24. The van der Waals surface area contributed by atoms with Crippen LogP contribution >= 0.6 is 11.6 Å². The molecule has 18 heavy (non-hydrogen) atoms. The smallest absolute Gasteiger partial charge is 0.322 e. The van der Waals surface area contributed by atoms with Gasteiger partial charge in [0.25, 0.3) is 5.91 Å². The van der Waals surface area contributed by atoms with E-state index in [4.69, 9.17) is 16.7 Å². The molecule has 6 nitrogen and oxygen atoms in total. The van der Waals surface area contributed by atoms with Gasteiger partial charge in [-0.1, -0.05) is 11.6 Å². The summed E-state index contributed by atoms with van der Waals surface area (Å²) in [5.74, 6) is -1.88. The summed E-state index contributed by atoms with van der Waals surface area (Å²) < 4.78 is 22.8. The normalized spacial score (nSPS) is 11.0. The summed E-state index contributed by atoms with van der Waals surface area (Å²) in [5.41, 5.74) is 0.0288. The first-order valence-corrected chi connectivity index (χ1v) is 6.98. The molecule has 0 spiro atoms. The molecule has 0 saturated heterocycles. The van der Waals surface area contributed by atoms with E-state index < -0.39 is 28.3 Å². The maximum Gasteiger partial charge on any atom is 0.322 e. The Bertz CT molecular complexity index is 596. The number of nitrogens with one attached hydrogen (secondary N) is 1. The molecule has 98 valence electrons. The highest BCUT2D eigenvalue weighted by atomic mass is 35.5. The minimum absolute atomic E-state index is 0.00674. The van der Waals surface area contributed by atoms with Crippen LogP contribution in [0, 0.1) is 0 Å². The summed E-state index contributed by atoms with van der Waals surface area (Å²) >= 11 is 5.71. The van der Waals surface area contributed by atoms with Crippen molar-refractivity contribution in [3.8, 4) is 0 Å². The summed E-state index contributed by atoms with van der Waals surface area (Å²) in [6.07, 6.45) is 0.965. The molecule has 0 aliphatic rings. The van der Waals surface area contributed by atoms with Crippen molar-refractivity contribution in [1.29, 1.82) is 0 Å². The predicted octanol–water partition coefficient (Wildman–Crippen LogP) is 0.558. The van der Waals surface area contributed by atoms with Crippen molar-refractivity contribution >= 4 is 33.3 Å². The van der Waals surface area contributed by atoms with Gasteiger partial charge in [0.05, 0.1) is 9.92 Å². The van der Waals surface area contributed by atoms with Crippen molar-refractivity contribution in [3.05, 3.63) is 28.8 Å². The molecule has 1 aromatic carbocycles. The second kappa shape index (κ2) is 5.36. The molecule has 0 fully saturated rings. The van der Waals surface area contributed by atoms with Gasteiger partial charge in [0, 0.05) is 11.8 Å². The third-order valence-corrected chi connectivity index (χ3v) is 3.57. The maximum absolute atomic E-state index is 11.5. The molecule has 0 unspecified atom stereocenters. The third kappa shape index (κ3) is 3.71. The van der Waals surface area contributed by atoms with Crippen molar-refractivity contribution in [2.75, 3.05) is 12.8 Å². The van der Waals surface area contributed by atoms with Crippen molar-refractivity contribution in [1.82, 2.24) is 5.32 Å². The zero-order valence-electron chi connectivity index (χ0n) is 9.31. The molecule has 0 heterocycles. The van der Waals surface area contributed by atoms with E-state index in [1.54, 1.807) is 0 Å². The minimum Gasteiger partial charge on any atom is -0.480 e. The first-order valence-electron chi connectivity index (χ1n) is 4.71. The Kier molecular flexibility index (Phi) is 4.31. The van der Waals surface area contributed by atoms with Crippen LogP contribution in [0.15, 0.2) is 23.1 Å². The van der Waals surface area contributed by atoms with Crippen molar-refractivity contribution in [2.45, 2.75) is 4.90 Å². The lowest BCUT2D eigenvalue weighted by atomic mass is 10.2. The Morgan fingerprint density at radius 1 is 1.39 bits per heavy atom. The van der Waals surface area contributed by atoms with Gasteiger partial charge in [0.2, 0.25) is 0 Å². The van der Waals surface area contributed by atoms with Crippen LogP contribution in [-0.2, 0) is 14.6 Å². The number of rotatable bonds is 4. The van der Waals surface area contributed by atoms with Crippen LogP contribution in [0.1, 0.15) is 10.4 Å². The quantitative estimate of drug-likeness (QED) is 0.844. The van der Waals surface area contributed by atoms with Crippen LogP contribution in [0.4, 0.5) is 0 Å². The lowest BCUT2D eigenvalue weighted by Gasteiger charge is -2.06. The van der Waals surface area contributed by atoms with Gasteiger partial charge >= 0.3 is 5.97 Å². The zero-order chi connectivity index (χ0) is 13.9. The molecule has 0 bridgehead atoms. The standard InChI is InChI=1S/C10H10ClNO5S/c1-18(16,17)8-4-6(2-3-7(8)11)10(15)12-5-9(13)14/h2-4H,5H2,1H3,(H,12,15)(H,13,14). The fourth-order valence-electron chi connectivity index (χ4n) is 1.19.